The van der Waals surface area contributed by atoms with E-state index in [0.29, 0.717) is 47.4 Å². The molecule has 8 rings (SSSR count). The third kappa shape index (κ3) is 6.35. The highest BCUT2D eigenvalue weighted by Crippen LogP contribution is 2.43. The van der Waals surface area contributed by atoms with Gasteiger partial charge in [0.15, 0.2) is 12.6 Å². The first kappa shape index (κ1) is 35.2. The first-order chi connectivity index (χ1) is 25.5. The summed E-state index contributed by atoms with van der Waals surface area (Å²) in [5, 5.41) is 1.28. The number of piperazine rings is 1. The van der Waals surface area contributed by atoms with Crippen molar-refractivity contribution in [1.29, 1.82) is 0 Å². The van der Waals surface area contributed by atoms with Gasteiger partial charge in [-0.1, -0.05) is 12.0 Å². The van der Waals surface area contributed by atoms with E-state index in [9.17, 15) is 4.79 Å². The lowest BCUT2D eigenvalue weighted by molar-refractivity contribution is 0.0209. The molecule has 1 amide bonds. The number of nitrogens with zero attached hydrogens (tertiary/aromatic N) is 6. The van der Waals surface area contributed by atoms with Crippen LogP contribution < -0.4 is 14.4 Å². The van der Waals surface area contributed by atoms with Gasteiger partial charge in [-0.15, -0.1) is 6.42 Å². The molecule has 13 heteroatoms. The summed E-state index contributed by atoms with van der Waals surface area (Å²) in [5.41, 5.74) is -0.523. The SMILES string of the molecule is C#Cc1c(F)ccc2cc(OCOC)cc(-c3ncc4c(N5[C@@H]6CC[C@H]5CN(C(=O)OC(C)(C)C)C6)nc(OCC56CCCN5CCC6)nc4c3F)c12. The number of hydrogen-bond acceptors (Lipinski definition) is 10. The van der Waals surface area contributed by atoms with E-state index >= 15 is 8.78 Å². The van der Waals surface area contributed by atoms with Crippen LogP contribution in [0, 0.1) is 24.0 Å². The number of carbonyl (C=O) groups excluding carboxylic acids is 1. The molecule has 4 aromatic rings. The van der Waals surface area contributed by atoms with Gasteiger partial charge < -0.3 is 28.7 Å². The number of terminal acetylenes is 1. The van der Waals surface area contributed by atoms with Crippen LogP contribution in [0.1, 0.15) is 64.9 Å². The van der Waals surface area contributed by atoms with Crippen molar-refractivity contribution in [2.75, 3.05) is 51.6 Å². The smallest absolute Gasteiger partial charge is 0.410 e. The largest absolute Gasteiger partial charge is 0.468 e. The zero-order valence-corrected chi connectivity index (χ0v) is 30.6. The monoisotopic (exact) mass is 726 g/mol. The van der Waals surface area contributed by atoms with Gasteiger partial charge in [0.25, 0.3) is 0 Å². The van der Waals surface area contributed by atoms with Crippen LogP contribution in [0.15, 0.2) is 30.5 Å². The Hall–Kier alpha value is -4.80. The van der Waals surface area contributed by atoms with Crippen molar-refractivity contribution in [3.63, 3.8) is 0 Å². The Labute approximate surface area is 307 Å². The molecule has 6 heterocycles. The van der Waals surface area contributed by atoms with E-state index in [1.807, 2.05) is 20.8 Å². The molecule has 2 atom stereocenters. The molecular formula is C40H44F2N6O5. The van der Waals surface area contributed by atoms with E-state index in [2.05, 4.69) is 20.7 Å². The van der Waals surface area contributed by atoms with Crippen molar-refractivity contribution in [3.8, 4) is 35.4 Å². The minimum Gasteiger partial charge on any atom is -0.468 e. The fourth-order valence-corrected chi connectivity index (χ4v) is 8.81. The number of benzene rings is 2. The van der Waals surface area contributed by atoms with Crippen molar-refractivity contribution in [2.45, 2.75) is 82.5 Å². The summed E-state index contributed by atoms with van der Waals surface area (Å²) >= 11 is 0. The van der Waals surface area contributed by atoms with Crippen LogP contribution in [0.5, 0.6) is 11.8 Å². The van der Waals surface area contributed by atoms with Gasteiger partial charge in [0, 0.05) is 49.4 Å². The summed E-state index contributed by atoms with van der Waals surface area (Å²) in [6.07, 6.45) is 12.9. The van der Waals surface area contributed by atoms with Gasteiger partial charge in [-0.2, -0.15) is 9.97 Å². The Bertz CT molecular complexity index is 2110. The normalized spacial score (nSPS) is 20.9. The number of aromatic nitrogens is 3. The fourth-order valence-electron chi connectivity index (χ4n) is 8.81. The molecule has 0 aliphatic carbocycles. The second kappa shape index (κ2) is 13.6. The fraction of sp³-hybridized carbons (Fsp3) is 0.500. The van der Waals surface area contributed by atoms with E-state index in [1.54, 1.807) is 29.3 Å². The van der Waals surface area contributed by atoms with Crippen molar-refractivity contribution in [1.82, 2.24) is 24.8 Å². The number of fused-ring (bicyclic) bond motifs is 5. The topological polar surface area (TPSA) is 102 Å². The standard InChI is InChI=1S/C40H44F2N6O5/c1-6-28-31(41)12-9-24-17-27(52-23-50-5)18-29(32(24)28)34-33(42)35-30(19-43-34)36(45-37(44-35)51-22-40-13-7-15-47(40)16-8-14-40)48-25-10-11-26(48)21-46(20-25)38(49)53-39(2,3)4/h1,9,12,17-19,25-26H,7-8,10-11,13-16,20-23H2,2-5H3/t25-,26+. The van der Waals surface area contributed by atoms with Crippen molar-refractivity contribution < 1.29 is 32.5 Å². The lowest BCUT2D eigenvalue weighted by Gasteiger charge is -2.42. The van der Waals surface area contributed by atoms with Gasteiger partial charge in [-0.3, -0.25) is 9.88 Å². The Morgan fingerprint density at radius 2 is 1.79 bits per heavy atom. The number of anilines is 1. The van der Waals surface area contributed by atoms with Gasteiger partial charge in [-0.25, -0.2) is 13.6 Å². The molecule has 2 aromatic carbocycles. The quantitative estimate of drug-likeness (QED) is 0.144. The maximum Gasteiger partial charge on any atom is 0.410 e. The van der Waals surface area contributed by atoms with Crippen LogP contribution in [0.3, 0.4) is 0 Å². The number of likely N-dealkylation sites (tertiary alicyclic amines) is 1. The van der Waals surface area contributed by atoms with Crippen LogP contribution in [0.25, 0.3) is 32.9 Å². The summed E-state index contributed by atoms with van der Waals surface area (Å²) in [4.78, 5) is 33.9. The molecule has 4 saturated heterocycles. The summed E-state index contributed by atoms with van der Waals surface area (Å²) in [7, 11) is 1.50. The number of halogens is 2. The summed E-state index contributed by atoms with van der Waals surface area (Å²) < 4.78 is 55.5. The molecule has 278 valence electrons. The highest BCUT2D eigenvalue weighted by atomic mass is 19.1. The average Bonchev–Trinajstić information content (AvgIpc) is 3.79. The molecule has 11 nitrogen and oxygen atoms in total. The molecule has 0 unspecified atom stereocenters. The number of carbonyl (C=O) groups is 1. The van der Waals surface area contributed by atoms with Gasteiger partial charge in [-0.05, 0) is 96.0 Å². The third-order valence-electron chi connectivity index (χ3n) is 11.1. The molecule has 0 radical (unpaired) electrons. The van der Waals surface area contributed by atoms with Gasteiger partial charge >= 0.3 is 12.1 Å². The van der Waals surface area contributed by atoms with Crippen LogP contribution >= 0.6 is 0 Å². The van der Waals surface area contributed by atoms with Crippen LogP contribution in [-0.4, -0.2) is 101 Å². The van der Waals surface area contributed by atoms with E-state index in [4.69, 9.17) is 35.3 Å². The number of amides is 1. The number of rotatable bonds is 8. The summed E-state index contributed by atoms with van der Waals surface area (Å²) in [5.74, 6) is 1.98. The minimum absolute atomic E-state index is 0.0131. The van der Waals surface area contributed by atoms with Gasteiger partial charge in [0.1, 0.15) is 40.8 Å². The Morgan fingerprint density at radius 1 is 1.06 bits per heavy atom. The molecule has 2 bridgehead atoms. The predicted octanol–water partition coefficient (Wildman–Crippen LogP) is 6.68. The Kier molecular flexibility index (Phi) is 9.02. The summed E-state index contributed by atoms with van der Waals surface area (Å²) in [6.45, 7) is 8.82. The Balaban J connectivity index is 1.25. The van der Waals surface area contributed by atoms with E-state index in [0.717, 1.165) is 51.6 Å². The second-order valence-electron chi connectivity index (χ2n) is 15.6. The van der Waals surface area contributed by atoms with Crippen LogP contribution in [-0.2, 0) is 9.47 Å². The van der Waals surface area contributed by atoms with Crippen molar-refractivity contribution in [2.24, 2.45) is 0 Å². The highest BCUT2D eigenvalue weighted by molar-refractivity contribution is 6.03. The van der Waals surface area contributed by atoms with E-state index < -0.39 is 17.2 Å². The second-order valence-corrected chi connectivity index (χ2v) is 15.6. The van der Waals surface area contributed by atoms with Crippen molar-refractivity contribution in [3.05, 3.63) is 47.7 Å². The molecule has 4 aliphatic heterocycles. The molecule has 4 aliphatic rings. The lowest BCUT2D eigenvalue weighted by atomic mass is 9.95. The van der Waals surface area contributed by atoms with Crippen molar-refractivity contribution >= 4 is 33.6 Å². The summed E-state index contributed by atoms with van der Waals surface area (Å²) in [6, 6.07) is 6.03. The lowest BCUT2D eigenvalue weighted by Crippen LogP contribution is -2.56. The highest BCUT2D eigenvalue weighted by Gasteiger charge is 2.46. The average molecular weight is 727 g/mol. The molecular weight excluding hydrogens is 682 g/mol. The first-order valence-electron chi connectivity index (χ1n) is 18.3. The van der Waals surface area contributed by atoms with Crippen LogP contribution in [0.2, 0.25) is 0 Å². The number of hydrogen-bond donors (Lipinski definition) is 0. The van der Waals surface area contributed by atoms with Gasteiger partial charge in [0.05, 0.1) is 16.5 Å². The number of ether oxygens (including phenoxy) is 4. The zero-order chi connectivity index (χ0) is 37.1. The predicted molar refractivity (Wildman–Crippen MR) is 196 cm³/mol. The number of methoxy groups -OCH3 is 1. The molecule has 53 heavy (non-hydrogen) atoms. The molecule has 0 N–H and O–H groups in total. The van der Waals surface area contributed by atoms with E-state index in [-0.39, 0.29) is 58.9 Å². The maximum atomic E-state index is 17.3. The maximum absolute atomic E-state index is 17.3. The first-order valence-corrected chi connectivity index (χ1v) is 18.3. The zero-order valence-electron chi connectivity index (χ0n) is 30.6. The number of pyridine rings is 1. The molecule has 0 saturated carbocycles. The van der Waals surface area contributed by atoms with Gasteiger partial charge in [0.2, 0.25) is 0 Å². The van der Waals surface area contributed by atoms with E-state index in [1.165, 1.54) is 13.2 Å². The van der Waals surface area contributed by atoms with Crippen LogP contribution in [0.4, 0.5) is 19.4 Å². The molecule has 4 fully saturated rings. The minimum atomic E-state index is -0.727. The molecule has 2 aromatic heterocycles. The Morgan fingerprint density at radius 3 is 2.47 bits per heavy atom. The third-order valence-corrected chi connectivity index (χ3v) is 11.1. The molecule has 0 spiro atoms.